The van der Waals surface area contributed by atoms with Crippen LogP contribution in [0.15, 0.2) is 52.8 Å². The minimum Gasteiger partial charge on any atom is -0.385 e. The highest BCUT2D eigenvalue weighted by molar-refractivity contribution is 6.84. The van der Waals surface area contributed by atoms with Gasteiger partial charge in [0, 0.05) is 5.56 Å². The molecule has 120 valence electrons. The third-order valence-corrected chi connectivity index (χ3v) is 6.61. The molecule has 2 atom stereocenters. The molecule has 1 saturated carbocycles. The lowest BCUT2D eigenvalue weighted by molar-refractivity contribution is -0.0701. The zero-order chi connectivity index (χ0) is 16.7. The highest BCUT2D eigenvalue weighted by Crippen LogP contribution is 2.51. The fourth-order valence-corrected chi connectivity index (χ4v) is 4.97. The second kappa shape index (κ2) is 5.79. The number of hydrogen-bond acceptors (Lipinski definition) is 2. The van der Waals surface area contributed by atoms with E-state index in [4.69, 9.17) is 0 Å². The second-order valence-electron chi connectivity index (χ2n) is 7.49. The normalized spacial score (nSPS) is 28.7. The van der Waals surface area contributed by atoms with Gasteiger partial charge < -0.3 is 10.2 Å². The summed E-state index contributed by atoms with van der Waals surface area (Å²) in [5.41, 5.74) is 1.77. The maximum atomic E-state index is 10.7. The van der Waals surface area contributed by atoms with Crippen molar-refractivity contribution in [2.24, 2.45) is 0 Å². The summed E-state index contributed by atoms with van der Waals surface area (Å²) in [5.74, 6) is 6.57. The molecule has 23 heavy (non-hydrogen) atoms. The SMILES string of the molecule is C[Si](C)(C)/C(C#Cc1ccccc1)=C1\C2=CCCC[C@]2(O)[C@@H]1O. The largest absolute Gasteiger partial charge is 0.385 e. The Kier molecular flexibility index (Phi) is 4.10. The van der Waals surface area contributed by atoms with Gasteiger partial charge in [-0.15, -0.1) is 0 Å². The summed E-state index contributed by atoms with van der Waals surface area (Å²) in [6.07, 6.45) is 3.85. The van der Waals surface area contributed by atoms with Gasteiger partial charge in [-0.25, -0.2) is 0 Å². The van der Waals surface area contributed by atoms with Gasteiger partial charge in [-0.1, -0.05) is 55.8 Å². The van der Waals surface area contributed by atoms with Crippen molar-refractivity contribution >= 4 is 8.07 Å². The molecule has 3 rings (SSSR count). The van der Waals surface area contributed by atoms with Crippen molar-refractivity contribution in [2.75, 3.05) is 0 Å². The Bertz CT molecular complexity index is 728. The first-order valence-corrected chi connectivity index (χ1v) is 11.8. The number of fused-ring (bicyclic) bond motifs is 1. The molecular formula is C20H24O2Si. The lowest BCUT2D eigenvalue weighted by Crippen LogP contribution is -2.58. The predicted octanol–water partition coefficient (Wildman–Crippen LogP) is 3.43. The van der Waals surface area contributed by atoms with Crippen molar-refractivity contribution in [3.8, 4) is 11.8 Å². The molecule has 2 aliphatic carbocycles. The highest BCUT2D eigenvalue weighted by Gasteiger charge is 2.55. The van der Waals surface area contributed by atoms with Gasteiger partial charge in [0.2, 0.25) is 0 Å². The lowest BCUT2D eigenvalue weighted by atomic mass is 9.62. The Balaban J connectivity index is 2.08. The number of benzene rings is 1. The monoisotopic (exact) mass is 324 g/mol. The van der Waals surface area contributed by atoms with E-state index in [0.29, 0.717) is 6.42 Å². The van der Waals surface area contributed by atoms with E-state index < -0.39 is 19.8 Å². The summed E-state index contributed by atoms with van der Waals surface area (Å²) in [4.78, 5) is 0. The Labute approximate surface area is 139 Å². The molecule has 0 radical (unpaired) electrons. The van der Waals surface area contributed by atoms with Gasteiger partial charge in [-0.05, 0) is 47.7 Å². The molecular weight excluding hydrogens is 300 g/mol. The van der Waals surface area contributed by atoms with Gasteiger partial charge >= 0.3 is 0 Å². The highest BCUT2D eigenvalue weighted by atomic mass is 28.3. The zero-order valence-electron chi connectivity index (χ0n) is 14.1. The Morgan fingerprint density at radius 1 is 1.22 bits per heavy atom. The molecule has 3 heteroatoms. The van der Waals surface area contributed by atoms with Crippen molar-refractivity contribution < 1.29 is 10.2 Å². The molecule has 0 bridgehead atoms. The maximum Gasteiger partial charge on any atom is 0.120 e. The first-order chi connectivity index (χ1) is 10.8. The molecule has 2 nitrogen and oxygen atoms in total. The smallest absolute Gasteiger partial charge is 0.120 e. The Morgan fingerprint density at radius 3 is 2.57 bits per heavy atom. The second-order valence-corrected chi connectivity index (χ2v) is 12.5. The van der Waals surface area contributed by atoms with Crippen LogP contribution in [0.2, 0.25) is 19.6 Å². The number of aliphatic hydroxyl groups is 2. The van der Waals surface area contributed by atoms with Crippen LogP contribution in [0, 0.1) is 11.8 Å². The predicted molar refractivity (Wildman–Crippen MR) is 96.6 cm³/mol. The molecule has 0 saturated heterocycles. The Hall–Kier alpha value is -1.60. The van der Waals surface area contributed by atoms with Crippen molar-refractivity contribution in [1.29, 1.82) is 0 Å². The molecule has 1 fully saturated rings. The minimum atomic E-state index is -1.73. The summed E-state index contributed by atoms with van der Waals surface area (Å²) in [7, 11) is -1.73. The van der Waals surface area contributed by atoms with E-state index in [2.05, 4.69) is 37.6 Å². The van der Waals surface area contributed by atoms with E-state index in [0.717, 1.165) is 34.7 Å². The van der Waals surface area contributed by atoms with Crippen LogP contribution >= 0.6 is 0 Å². The first kappa shape index (κ1) is 16.3. The van der Waals surface area contributed by atoms with Gasteiger partial charge in [-0.2, -0.15) is 0 Å². The number of hydrogen-bond donors (Lipinski definition) is 2. The topological polar surface area (TPSA) is 40.5 Å². The standard InChI is InChI=1S/C20H24O2Si/c1-23(2,3)17(13-12-15-9-5-4-6-10-15)18-16-11-7-8-14-20(16,22)19(18)21/h4-6,9-11,19,21-22H,7-8,14H2,1-3H3/b18-17+/t19-,20-/m1/s1. The van der Waals surface area contributed by atoms with Crippen LogP contribution in [0.5, 0.6) is 0 Å². The van der Waals surface area contributed by atoms with E-state index in [1.54, 1.807) is 0 Å². The van der Waals surface area contributed by atoms with Crippen LogP contribution in [-0.4, -0.2) is 30.0 Å². The third kappa shape index (κ3) is 2.83. The van der Waals surface area contributed by atoms with E-state index in [1.165, 1.54) is 0 Å². The first-order valence-electron chi connectivity index (χ1n) is 8.27. The van der Waals surface area contributed by atoms with E-state index >= 15 is 0 Å². The van der Waals surface area contributed by atoms with Crippen molar-refractivity contribution in [3.63, 3.8) is 0 Å². The average molecular weight is 324 g/mol. The van der Waals surface area contributed by atoms with Gasteiger partial charge in [0.25, 0.3) is 0 Å². The van der Waals surface area contributed by atoms with Crippen LogP contribution < -0.4 is 0 Å². The van der Waals surface area contributed by atoms with Crippen molar-refractivity contribution in [2.45, 2.75) is 50.6 Å². The summed E-state index contributed by atoms with van der Waals surface area (Å²) in [6.45, 7) is 6.72. The molecule has 0 amide bonds. The number of aliphatic hydroxyl groups excluding tert-OH is 1. The van der Waals surface area contributed by atoms with Crippen LogP contribution in [0.25, 0.3) is 0 Å². The molecule has 0 aromatic heterocycles. The van der Waals surface area contributed by atoms with Gasteiger partial charge in [0.05, 0.1) is 8.07 Å². The molecule has 0 spiro atoms. The van der Waals surface area contributed by atoms with Gasteiger partial charge in [0.1, 0.15) is 11.7 Å². The molecule has 0 aliphatic heterocycles. The quantitative estimate of drug-likeness (QED) is 0.614. The van der Waals surface area contributed by atoms with Crippen LogP contribution in [-0.2, 0) is 0 Å². The van der Waals surface area contributed by atoms with Crippen molar-refractivity contribution in [3.05, 3.63) is 58.3 Å². The molecule has 1 aromatic rings. The lowest BCUT2D eigenvalue weighted by Gasteiger charge is -2.51. The number of rotatable bonds is 1. The molecule has 0 unspecified atom stereocenters. The molecule has 1 aromatic carbocycles. The van der Waals surface area contributed by atoms with Crippen LogP contribution in [0.3, 0.4) is 0 Å². The summed E-state index contributed by atoms with van der Waals surface area (Å²) in [6, 6.07) is 9.92. The summed E-state index contributed by atoms with van der Waals surface area (Å²) >= 11 is 0. The molecule has 2 aliphatic rings. The van der Waals surface area contributed by atoms with Crippen LogP contribution in [0.1, 0.15) is 24.8 Å². The average Bonchev–Trinajstić information content (AvgIpc) is 2.52. The minimum absolute atomic E-state index is 0.647. The third-order valence-electron chi connectivity index (χ3n) is 4.72. The number of allylic oxidation sites excluding steroid dienone is 2. The zero-order valence-corrected chi connectivity index (χ0v) is 15.1. The fourth-order valence-electron chi connectivity index (χ4n) is 3.45. The molecule has 2 N–H and O–H groups in total. The molecule has 0 heterocycles. The van der Waals surface area contributed by atoms with Crippen LogP contribution in [0.4, 0.5) is 0 Å². The van der Waals surface area contributed by atoms with E-state index in [-0.39, 0.29) is 0 Å². The van der Waals surface area contributed by atoms with Crippen molar-refractivity contribution in [1.82, 2.24) is 0 Å². The summed E-state index contributed by atoms with van der Waals surface area (Å²) in [5, 5.41) is 22.3. The van der Waals surface area contributed by atoms with E-state index in [9.17, 15) is 10.2 Å². The fraction of sp³-hybridized carbons (Fsp3) is 0.400. The Morgan fingerprint density at radius 2 is 1.91 bits per heavy atom. The van der Waals surface area contributed by atoms with Gasteiger partial charge in [0.15, 0.2) is 0 Å². The van der Waals surface area contributed by atoms with Gasteiger partial charge in [-0.3, -0.25) is 0 Å². The summed E-state index contributed by atoms with van der Waals surface area (Å²) < 4.78 is 0. The van der Waals surface area contributed by atoms with E-state index in [1.807, 2.05) is 30.3 Å². The maximum absolute atomic E-state index is 10.7.